The Morgan fingerprint density at radius 1 is 1.37 bits per heavy atom. The molecule has 0 amide bonds. The van der Waals surface area contributed by atoms with Crippen LogP contribution in [0.1, 0.15) is 24.9 Å². The zero-order valence-corrected chi connectivity index (χ0v) is 12.3. The van der Waals surface area contributed by atoms with E-state index in [9.17, 15) is 13.9 Å². The van der Waals surface area contributed by atoms with E-state index >= 15 is 0 Å². The number of phenolic OH excluding ortho intramolecular Hbond substituents is 1. The highest BCUT2D eigenvalue weighted by atomic mass is 79.9. The van der Waals surface area contributed by atoms with Gasteiger partial charge in [-0.25, -0.2) is 4.39 Å². The molecule has 0 bridgehead atoms. The molecule has 0 unspecified atom stereocenters. The van der Waals surface area contributed by atoms with E-state index < -0.39 is 17.4 Å². The highest BCUT2D eigenvalue weighted by molar-refractivity contribution is 9.10. The number of hydrogen-bond donors (Lipinski definition) is 2. The monoisotopic (exact) mass is 334 g/mol. The van der Waals surface area contributed by atoms with Gasteiger partial charge in [0.2, 0.25) is 5.82 Å². The third-order valence-corrected chi connectivity index (χ3v) is 4.08. The number of hydrogen-bond acceptors (Lipinski definition) is 3. The van der Waals surface area contributed by atoms with Gasteiger partial charge in [0.15, 0.2) is 11.6 Å². The summed E-state index contributed by atoms with van der Waals surface area (Å²) in [5, 5.41) is 13.1. The molecule has 2 rings (SSSR count). The Balaban J connectivity index is 2.37. The van der Waals surface area contributed by atoms with E-state index in [-0.39, 0.29) is 10.5 Å². The van der Waals surface area contributed by atoms with Crippen LogP contribution in [0.15, 0.2) is 10.5 Å². The van der Waals surface area contributed by atoms with Crippen molar-refractivity contribution in [3.63, 3.8) is 0 Å². The summed E-state index contributed by atoms with van der Waals surface area (Å²) in [6.07, 6.45) is 0.727. The van der Waals surface area contributed by atoms with Crippen LogP contribution in [0.3, 0.4) is 0 Å². The van der Waals surface area contributed by atoms with Crippen LogP contribution in [0, 0.1) is 11.6 Å². The predicted molar refractivity (Wildman–Crippen MR) is 73.2 cm³/mol. The average molecular weight is 335 g/mol. The van der Waals surface area contributed by atoms with E-state index in [0.717, 1.165) is 32.6 Å². The van der Waals surface area contributed by atoms with Crippen LogP contribution in [0.5, 0.6) is 5.75 Å². The number of phenols is 1. The van der Waals surface area contributed by atoms with Crippen molar-refractivity contribution in [2.75, 3.05) is 26.2 Å². The standard InChI is InChI=1S/C13H17BrF2N2O/c1-2-10(18-5-3-17-4-6-18)8-7-9(14)11(15)12(16)13(8)19/h7,10,17,19H,2-6H2,1H3/t10-/m1/s1. The van der Waals surface area contributed by atoms with Crippen LogP contribution in [0.4, 0.5) is 8.78 Å². The normalized spacial score (nSPS) is 18.5. The summed E-state index contributed by atoms with van der Waals surface area (Å²) in [6, 6.07) is 1.37. The Kier molecular flexibility index (Phi) is 4.76. The van der Waals surface area contributed by atoms with Gasteiger partial charge in [-0.2, -0.15) is 4.39 Å². The second-order valence-corrected chi connectivity index (χ2v) is 5.49. The average Bonchev–Trinajstić information content (AvgIpc) is 2.44. The number of benzene rings is 1. The minimum atomic E-state index is -1.18. The lowest BCUT2D eigenvalue weighted by molar-refractivity contribution is 0.166. The highest BCUT2D eigenvalue weighted by Crippen LogP contribution is 2.37. The van der Waals surface area contributed by atoms with Crippen LogP contribution in [-0.2, 0) is 0 Å². The maximum atomic E-state index is 13.6. The molecule has 0 saturated carbocycles. The molecule has 2 N–H and O–H groups in total. The summed E-state index contributed by atoms with van der Waals surface area (Å²) >= 11 is 3.00. The van der Waals surface area contributed by atoms with Crippen molar-refractivity contribution in [2.24, 2.45) is 0 Å². The van der Waals surface area contributed by atoms with Gasteiger partial charge in [0.05, 0.1) is 4.47 Å². The van der Waals surface area contributed by atoms with Crippen LogP contribution < -0.4 is 5.32 Å². The number of rotatable bonds is 3. The molecule has 1 aliphatic heterocycles. The van der Waals surface area contributed by atoms with Gasteiger partial charge in [-0.3, -0.25) is 4.90 Å². The molecular weight excluding hydrogens is 318 g/mol. The van der Waals surface area contributed by atoms with Gasteiger partial charge in [-0.1, -0.05) is 6.92 Å². The first-order valence-electron chi connectivity index (χ1n) is 6.37. The quantitative estimate of drug-likeness (QED) is 0.834. The van der Waals surface area contributed by atoms with Gasteiger partial charge in [0.25, 0.3) is 0 Å². The Labute approximate surface area is 119 Å². The van der Waals surface area contributed by atoms with Crippen LogP contribution in [-0.4, -0.2) is 36.2 Å². The molecule has 0 aromatic heterocycles. The first-order valence-corrected chi connectivity index (χ1v) is 7.16. The lowest BCUT2D eigenvalue weighted by Gasteiger charge is -2.35. The number of piperazine rings is 1. The molecule has 1 aromatic carbocycles. The van der Waals surface area contributed by atoms with E-state index in [1.165, 1.54) is 6.07 Å². The first kappa shape index (κ1) is 14.7. The van der Waals surface area contributed by atoms with Crippen molar-refractivity contribution in [2.45, 2.75) is 19.4 Å². The number of halogens is 3. The maximum absolute atomic E-state index is 13.6. The van der Waals surface area contributed by atoms with E-state index in [1.54, 1.807) is 0 Å². The lowest BCUT2D eigenvalue weighted by atomic mass is 10.0. The third-order valence-electron chi connectivity index (χ3n) is 3.50. The van der Waals surface area contributed by atoms with Crippen molar-refractivity contribution < 1.29 is 13.9 Å². The van der Waals surface area contributed by atoms with Gasteiger partial charge < -0.3 is 10.4 Å². The molecule has 1 aromatic rings. The minimum Gasteiger partial charge on any atom is -0.505 e. The second kappa shape index (κ2) is 6.15. The molecule has 1 aliphatic rings. The second-order valence-electron chi connectivity index (χ2n) is 4.63. The molecule has 1 atom stereocenters. The first-order chi connectivity index (χ1) is 9.06. The fraction of sp³-hybridized carbons (Fsp3) is 0.538. The van der Waals surface area contributed by atoms with Crippen molar-refractivity contribution in [1.29, 1.82) is 0 Å². The number of aromatic hydroxyl groups is 1. The van der Waals surface area contributed by atoms with Crippen molar-refractivity contribution in [3.8, 4) is 5.75 Å². The number of nitrogens with one attached hydrogen (secondary N) is 1. The Hall–Kier alpha value is -0.720. The maximum Gasteiger partial charge on any atom is 0.201 e. The van der Waals surface area contributed by atoms with E-state index in [4.69, 9.17) is 0 Å². The summed E-state index contributed by atoms with van der Waals surface area (Å²) in [5.74, 6) is -2.81. The van der Waals surface area contributed by atoms with Crippen molar-refractivity contribution in [3.05, 3.63) is 27.7 Å². The summed E-state index contributed by atoms with van der Waals surface area (Å²) in [5.41, 5.74) is 0.440. The van der Waals surface area contributed by atoms with E-state index in [0.29, 0.717) is 5.56 Å². The third kappa shape index (κ3) is 2.90. The SMILES string of the molecule is CC[C@H](c1cc(Br)c(F)c(F)c1O)N1CCNCC1. The van der Waals surface area contributed by atoms with Gasteiger partial charge in [0, 0.05) is 37.8 Å². The zero-order valence-electron chi connectivity index (χ0n) is 10.7. The lowest BCUT2D eigenvalue weighted by Crippen LogP contribution is -2.45. The van der Waals surface area contributed by atoms with Gasteiger partial charge in [-0.15, -0.1) is 0 Å². The number of nitrogens with zero attached hydrogens (tertiary/aromatic N) is 1. The molecule has 1 heterocycles. The summed E-state index contributed by atoms with van der Waals surface area (Å²) < 4.78 is 27.1. The Morgan fingerprint density at radius 2 is 2.00 bits per heavy atom. The summed E-state index contributed by atoms with van der Waals surface area (Å²) in [7, 11) is 0. The summed E-state index contributed by atoms with van der Waals surface area (Å²) in [6.45, 7) is 5.36. The molecule has 1 saturated heterocycles. The van der Waals surface area contributed by atoms with Crippen molar-refractivity contribution >= 4 is 15.9 Å². The van der Waals surface area contributed by atoms with Gasteiger partial charge in [0.1, 0.15) is 0 Å². The smallest absolute Gasteiger partial charge is 0.201 e. The van der Waals surface area contributed by atoms with E-state index in [1.807, 2.05) is 6.92 Å². The minimum absolute atomic E-state index is 0.0476. The highest BCUT2D eigenvalue weighted by Gasteiger charge is 2.26. The zero-order chi connectivity index (χ0) is 14.0. The molecule has 19 heavy (non-hydrogen) atoms. The van der Waals surface area contributed by atoms with Gasteiger partial charge in [-0.05, 0) is 28.4 Å². The van der Waals surface area contributed by atoms with E-state index in [2.05, 4.69) is 26.1 Å². The molecule has 0 radical (unpaired) electrons. The molecule has 1 fully saturated rings. The fourth-order valence-corrected chi connectivity index (χ4v) is 2.95. The Bertz CT molecular complexity index is 464. The largest absolute Gasteiger partial charge is 0.505 e. The summed E-state index contributed by atoms with van der Waals surface area (Å²) in [4.78, 5) is 2.18. The molecule has 106 valence electrons. The molecule has 0 aliphatic carbocycles. The topological polar surface area (TPSA) is 35.5 Å². The molecular formula is C13H17BrF2N2O. The van der Waals surface area contributed by atoms with Crippen LogP contribution >= 0.6 is 15.9 Å². The Morgan fingerprint density at radius 3 is 2.58 bits per heavy atom. The van der Waals surface area contributed by atoms with Crippen LogP contribution in [0.2, 0.25) is 0 Å². The molecule has 0 spiro atoms. The molecule has 3 nitrogen and oxygen atoms in total. The van der Waals surface area contributed by atoms with Crippen molar-refractivity contribution in [1.82, 2.24) is 10.2 Å². The predicted octanol–water partition coefficient (Wildman–Crippen LogP) is 2.79. The van der Waals surface area contributed by atoms with Gasteiger partial charge >= 0.3 is 0 Å². The van der Waals surface area contributed by atoms with Crippen LogP contribution in [0.25, 0.3) is 0 Å². The fourth-order valence-electron chi connectivity index (χ4n) is 2.53. The molecule has 6 heteroatoms.